The SMILES string of the molecule is O=C(NCCCN1CCOCC1)C1=CC(c2nc3cc(Cl)c(F)cc3[nH]2)=CCC1=S. The average Bonchev–Trinajstić information content (AvgIpc) is 3.15. The number of hydrogen-bond acceptors (Lipinski definition) is 5. The molecular formula is C21H22ClFN4O2S. The molecule has 4 rings (SSSR count). The van der Waals surface area contributed by atoms with Gasteiger partial charge in [0.15, 0.2) is 0 Å². The van der Waals surface area contributed by atoms with Crippen LogP contribution in [0.25, 0.3) is 16.6 Å². The highest BCUT2D eigenvalue weighted by Crippen LogP contribution is 2.27. The molecule has 2 N–H and O–H groups in total. The molecular weight excluding hydrogens is 427 g/mol. The maximum absolute atomic E-state index is 13.7. The molecule has 30 heavy (non-hydrogen) atoms. The number of halogens is 2. The van der Waals surface area contributed by atoms with E-state index in [0.717, 1.165) is 44.8 Å². The van der Waals surface area contributed by atoms with Crippen molar-refractivity contribution in [2.75, 3.05) is 39.4 Å². The quantitative estimate of drug-likeness (QED) is 0.524. The summed E-state index contributed by atoms with van der Waals surface area (Å²) in [5, 5.41) is 2.98. The lowest BCUT2D eigenvalue weighted by atomic mass is 9.98. The molecule has 1 aromatic heterocycles. The van der Waals surface area contributed by atoms with Crippen molar-refractivity contribution in [1.82, 2.24) is 20.2 Å². The maximum Gasteiger partial charge on any atom is 0.252 e. The normalized spacial score (nSPS) is 17.7. The Morgan fingerprint density at radius 1 is 1.37 bits per heavy atom. The van der Waals surface area contributed by atoms with Gasteiger partial charge in [-0.15, -0.1) is 0 Å². The summed E-state index contributed by atoms with van der Waals surface area (Å²) in [7, 11) is 0. The number of nitrogens with one attached hydrogen (secondary N) is 2. The second kappa shape index (κ2) is 9.34. The van der Waals surface area contributed by atoms with E-state index in [1.54, 1.807) is 6.08 Å². The van der Waals surface area contributed by atoms with E-state index in [9.17, 15) is 9.18 Å². The van der Waals surface area contributed by atoms with Gasteiger partial charge in [-0.05, 0) is 25.1 Å². The van der Waals surface area contributed by atoms with Crippen molar-refractivity contribution in [3.63, 3.8) is 0 Å². The Balaban J connectivity index is 1.41. The van der Waals surface area contributed by atoms with Crippen LogP contribution in [0.5, 0.6) is 0 Å². The predicted molar refractivity (Wildman–Crippen MR) is 119 cm³/mol. The molecule has 0 bridgehead atoms. The first kappa shape index (κ1) is 21.1. The molecule has 0 radical (unpaired) electrons. The van der Waals surface area contributed by atoms with Crippen LogP contribution in [0.1, 0.15) is 18.7 Å². The summed E-state index contributed by atoms with van der Waals surface area (Å²) in [6, 6.07) is 2.79. The van der Waals surface area contributed by atoms with Crippen LogP contribution < -0.4 is 5.32 Å². The number of ether oxygens (including phenoxy) is 1. The second-order valence-electron chi connectivity index (χ2n) is 7.28. The summed E-state index contributed by atoms with van der Waals surface area (Å²) < 4.78 is 19.0. The van der Waals surface area contributed by atoms with Crippen molar-refractivity contribution in [2.24, 2.45) is 0 Å². The molecule has 1 aliphatic carbocycles. The molecule has 6 nitrogen and oxygen atoms in total. The first-order chi connectivity index (χ1) is 14.5. The molecule has 158 valence electrons. The number of allylic oxidation sites excluding steroid dienone is 3. The molecule has 2 aromatic rings. The minimum Gasteiger partial charge on any atom is -0.379 e. The van der Waals surface area contributed by atoms with Crippen molar-refractivity contribution < 1.29 is 13.9 Å². The maximum atomic E-state index is 13.7. The van der Waals surface area contributed by atoms with Gasteiger partial charge in [0.05, 0.1) is 34.8 Å². The van der Waals surface area contributed by atoms with Gasteiger partial charge < -0.3 is 15.0 Å². The lowest BCUT2D eigenvalue weighted by molar-refractivity contribution is -0.117. The summed E-state index contributed by atoms with van der Waals surface area (Å²) in [6.07, 6.45) is 4.99. The lowest BCUT2D eigenvalue weighted by Gasteiger charge is -2.26. The lowest BCUT2D eigenvalue weighted by Crippen LogP contribution is -2.38. The number of nitrogens with zero attached hydrogens (tertiary/aromatic N) is 2. The van der Waals surface area contributed by atoms with Crippen LogP contribution in [0.15, 0.2) is 29.9 Å². The summed E-state index contributed by atoms with van der Waals surface area (Å²) in [5.41, 5.74) is 2.32. The summed E-state index contributed by atoms with van der Waals surface area (Å²) in [5.74, 6) is -0.143. The number of benzene rings is 1. The number of H-pyrrole nitrogens is 1. The molecule has 1 aromatic carbocycles. The van der Waals surface area contributed by atoms with E-state index < -0.39 is 5.82 Å². The Morgan fingerprint density at radius 3 is 2.97 bits per heavy atom. The third-order valence-electron chi connectivity index (χ3n) is 5.19. The van der Waals surface area contributed by atoms with Gasteiger partial charge in [-0.2, -0.15) is 0 Å². The van der Waals surface area contributed by atoms with E-state index >= 15 is 0 Å². The molecule has 2 aliphatic rings. The number of rotatable bonds is 6. The van der Waals surface area contributed by atoms with Crippen molar-refractivity contribution in [3.05, 3.63) is 46.5 Å². The number of aromatic nitrogens is 2. The second-order valence-corrected chi connectivity index (χ2v) is 8.18. The van der Waals surface area contributed by atoms with E-state index in [2.05, 4.69) is 20.2 Å². The zero-order chi connectivity index (χ0) is 21.1. The number of fused-ring (bicyclic) bond motifs is 1. The van der Waals surface area contributed by atoms with Crippen molar-refractivity contribution in [1.29, 1.82) is 0 Å². The molecule has 1 aliphatic heterocycles. The Labute approximate surface area is 184 Å². The van der Waals surface area contributed by atoms with Crippen molar-refractivity contribution in [2.45, 2.75) is 12.8 Å². The van der Waals surface area contributed by atoms with Crippen LogP contribution in [-0.2, 0) is 9.53 Å². The number of imidazole rings is 1. The van der Waals surface area contributed by atoms with Crippen molar-refractivity contribution in [3.8, 4) is 0 Å². The zero-order valence-corrected chi connectivity index (χ0v) is 17.9. The number of thiocarbonyl (C=S) groups is 1. The molecule has 0 unspecified atom stereocenters. The third kappa shape index (κ3) is 4.78. The van der Waals surface area contributed by atoms with Gasteiger partial charge in [0.1, 0.15) is 11.6 Å². The van der Waals surface area contributed by atoms with E-state index in [1.807, 2.05) is 6.08 Å². The first-order valence-electron chi connectivity index (χ1n) is 9.90. The number of carbonyl (C=O) groups excluding carboxylic acids is 1. The van der Waals surface area contributed by atoms with Gasteiger partial charge >= 0.3 is 0 Å². The van der Waals surface area contributed by atoms with Crippen LogP contribution >= 0.6 is 23.8 Å². The molecule has 2 heterocycles. The van der Waals surface area contributed by atoms with E-state index in [0.29, 0.717) is 40.3 Å². The molecule has 9 heteroatoms. The van der Waals surface area contributed by atoms with E-state index in [4.69, 9.17) is 28.6 Å². The topological polar surface area (TPSA) is 70.2 Å². The largest absolute Gasteiger partial charge is 0.379 e. The van der Waals surface area contributed by atoms with E-state index in [-0.39, 0.29) is 10.9 Å². The van der Waals surface area contributed by atoms with Crippen molar-refractivity contribution >= 4 is 51.2 Å². The molecule has 1 fully saturated rings. The molecule has 0 saturated carbocycles. The Hall–Kier alpha value is -2.13. The van der Waals surface area contributed by atoms with Gasteiger partial charge in [0.25, 0.3) is 5.91 Å². The molecule has 1 amide bonds. The minimum absolute atomic E-state index is 0.0204. The average molecular weight is 449 g/mol. The number of hydrogen-bond donors (Lipinski definition) is 2. The zero-order valence-electron chi connectivity index (χ0n) is 16.3. The highest BCUT2D eigenvalue weighted by atomic mass is 35.5. The van der Waals surface area contributed by atoms with Gasteiger partial charge in [-0.25, -0.2) is 9.37 Å². The number of carbonyl (C=O) groups is 1. The molecule has 0 spiro atoms. The van der Waals surface area contributed by atoms with Gasteiger partial charge in [-0.1, -0.05) is 29.9 Å². The number of aromatic amines is 1. The third-order valence-corrected chi connectivity index (χ3v) is 5.87. The Bertz CT molecular complexity index is 1000. The van der Waals surface area contributed by atoms with Gasteiger partial charge in [-0.3, -0.25) is 9.69 Å². The van der Waals surface area contributed by atoms with E-state index in [1.165, 1.54) is 12.1 Å². The summed E-state index contributed by atoms with van der Waals surface area (Å²) in [4.78, 5) is 23.2. The smallest absolute Gasteiger partial charge is 0.252 e. The summed E-state index contributed by atoms with van der Waals surface area (Å²) in [6.45, 7) is 4.91. The molecule has 1 saturated heterocycles. The number of morpholine rings is 1. The minimum atomic E-state index is -0.508. The predicted octanol–water partition coefficient (Wildman–Crippen LogP) is 3.28. The van der Waals surface area contributed by atoms with Crippen LogP contribution in [0, 0.1) is 5.82 Å². The highest BCUT2D eigenvalue weighted by Gasteiger charge is 2.20. The fourth-order valence-electron chi connectivity index (χ4n) is 3.53. The van der Waals surface area contributed by atoms with Gasteiger partial charge in [0.2, 0.25) is 0 Å². The van der Waals surface area contributed by atoms with Crippen LogP contribution in [0.4, 0.5) is 4.39 Å². The summed E-state index contributed by atoms with van der Waals surface area (Å²) >= 11 is 11.2. The fraction of sp³-hybridized carbons (Fsp3) is 0.381. The number of amides is 1. The Morgan fingerprint density at radius 2 is 2.17 bits per heavy atom. The fourth-order valence-corrected chi connectivity index (χ4v) is 3.92. The monoisotopic (exact) mass is 448 g/mol. The van der Waals surface area contributed by atoms with Crippen LogP contribution in [0.2, 0.25) is 5.02 Å². The van der Waals surface area contributed by atoms with Crippen LogP contribution in [-0.4, -0.2) is 65.0 Å². The molecule has 0 atom stereocenters. The first-order valence-corrected chi connectivity index (χ1v) is 10.7. The van der Waals surface area contributed by atoms with Gasteiger partial charge in [0, 0.05) is 42.6 Å². The van der Waals surface area contributed by atoms with Crippen LogP contribution in [0.3, 0.4) is 0 Å². The Kier molecular flexibility index (Phi) is 6.58. The highest BCUT2D eigenvalue weighted by molar-refractivity contribution is 7.81. The standard InChI is InChI=1S/C21H22ClFN4O2S/c22-15-11-17-18(12-16(15)23)26-20(25-17)13-2-3-19(30)14(10-13)21(28)24-4-1-5-27-6-8-29-9-7-27/h2,10-12H,1,3-9H2,(H,24,28)(H,25,26).